The molecule has 1 amide bonds. The van der Waals surface area contributed by atoms with E-state index in [1.165, 1.54) is 6.33 Å². The van der Waals surface area contributed by atoms with Gasteiger partial charge in [0.15, 0.2) is 11.2 Å². The van der Waals surface area contributed by atoms with Gasteiger partial charge in [-0.2, -0.15) is 4.98 Å². The fourth-order valence-corrected chi connectivity index (χ4v) is 4.36. The Morgan fingerprint density at radius 1 is 1.26 bits per heavy atom. The van der Waals surface area contributed by atoms with Crippen LogP contribution in [0.5, 0.6) is 5.88 Å². The fourth-order valence-electron chi connectivity index (χ4n) is 4.36. The number of nitrogens with zero attached hydrogens (tertiary/aromatic N) is 6. The van der Waals surface area contributed by atoms with Crippen molar-refractivity contribution in [2.75, 3.05) is 13.1 Å². The largest absolute Gasteiger partial charge is 0.471 e. The fraction of sp³-hybridized carbons (Fsp3) is 0.409. The summed E-state index contributed by atoms with van der Waals surface area (Å²) in [7, 11) is 0. The van der Waals surface area contributed by atoms with Gasteiger partial charge in [-0.1, -0.05) is 0 Å². The van der Waals surface area contributed by atoms with E-state index in [4.69, 9.17) is 9.72 Å². The predicted octanol–water partition coefficient (Wildman–Crippen LogP) is 2.78. The van der Waals surface area contributed by atoms with Crippen LogP contribution in [0, 0.1) is 5.92 Å². The second-order valence-electron chi connectivity index (χ2n) is 8.26. The average Bonchev–Trinajstić information content (AvgIpc) is 3.20. The van der Waals surface area contributed by atoms with E-state index in [1.807, 2.05) is 23.4 Å². The normalized spacial score (nSPS) is 18.9. The van der Waals surface area contributed by atoms with Crippen LogP contribution >= 0.6 is 0 Å². The number of aromatic nitrogens is 6. The van der Waals surface area contributed by atoms with Crippen molar-refractivity contribution in [1.82, 2.24) is 34.4 Å². The summed E-state index contributed by atoms with van der Waals surface area (Å²) in [5.41, 5.74) is 3.14. The second kappa shape index (κ2) is 7.04. The van der Waals surface area contributed by atoms with Crippen LogP contribution in [0.3, 0.4) is 0 Å². The van der Waals surface area contributed by atoms with Crippen LogP contribution in [-0.4, -0.2) is 59.5 Å². The topological polar surface area (TPSA) is 102 Å². The number of carbonyl (C=O) groups excluding carboxylic acids is 1. The van der Waals surface area contributed by atoms with E-state index >= 15 is 0 Å². The van der Waals surface area contributed by atoms with Crippen LogP contribution in [0.15, 0.2) is 30.9 Å². The van der Waals surface area contributed by atoms with Gasteiger partial charge in [-0.05, 0) is 31.9 Å². The van der Waals surface area contributed by atoms with Gasteiger partial charge >= 0.3 is 0 Å². The van der Waals surface area contributed by atoms with Gasteiger partial charge in [0.2, 0.25) is 11.8 Å². The molecule has 6 rings (SSSR count). The summed E-state index contributed by atoms with van der Waals surface area (Å²) in [5, 5.41) is 1.03. The highest BCUT2D eigenvalue weighted by Crippen LogP contribution is 2.33. The molecule has 1 saturated carbocycles. The van der Waals surface area contributed by atoms with E-state index in [1.54, 1.807) is 0 Å². The third-order valence-corrected chi connectivity index (χ3v) is 6.13. The number of hydrogen-bond acceptors (Lipinski definition) is 6. The first kappa shape index (κ1) is 18.3. The minimum absolute atomic E-state index is 0.0751. The molecule has 2 fully saturated rings. The van der Waals surface area contributed by atoms with Gasteiger partial charge in [-0.3, -0.25) is 4.79 Å². The molecule has 1 aliphatic heterocycles. The molecular weight excluding hydrogens is 394 g/mol. The molecule has 0 aromatic carbocycles. The van der Waals surface area contributed by atoms with E-state index in [9.17, 15) is 4.79 Å². The lowest BCUT2D eigenvalue weighted by Crippen LogP contribution is -2.32. The Kier molecular flexibility index (Phi) is 4.15. The molecule has 158 valence electrons. The van der Waals surface area contributed by atoms with Crippen molar-refractivity contribution in [2.24, 2.45) is 5.92 Å². The number of fused-ring (bicyclic) bond motifs is 2. The van der Waals surface area contributed by atoms with Crippen LogP contribution < -0.4 is 4.74 Å². The number of rotatable bonds is 5. The van der Waals surface area contributed by atoms with Gasteiger partial charge in [-0.25, -0.2) is 15.0 Å². The van der Waals surface area contributed by atoms with Gasteiger partial charge in [-0.15, -0.1) is 0 Å². The molecule has 1 aliphatic carbocycles. The molecule has 9 heteroatoms. The number of aryl methyl sites for hydroxylation is 1. The molecule has 31 heavy (non-hydrogen) atoms. The number of pyridine rings is 1. The first-order valence-corrected chi connectivity index (χ1v) is 10.8. The zero-order valence-electron chi connectivity index (χ0n) is 17.3. The third kappa shape index (κ3) is 3.11. The van der Waals surface area contributed by atoms with Crippen molar-refractivity contribution >= 4 is 28.1 Å². The first-order chi connectivity index (χ1) is 15.2. The highest BCUT2D eigenvalue weighted by molar-refractivity contribution is 5.85. The van der Waals surface area contributed by atoms with Crippen molar-refractivity contribution in [1.29, 1.82) is 0 Å². The molecule has 1 saturated heterocycles. The highest BCUT2D eigenvalue weighted by atomic mass is 16.5. The maximum atomic E-state index is 12.4. The van der Waals surface area contributed by atoms with E-state index < -0.39 is 0 Å². The number of imidazole rings is 1. The molecule has 1 atom stereocenters. The summed E-state index contributed by atoms with van der Waals surface area (Å²) in [6.45, 7) is 4.12. The Balaban J connectivity index is 1.33. The van der Waals surface area contributed by atoms with Crippen LogP contribution in [-0.2, 0) is 11.3 Å². The molecular formula is C22H23N7O2. The Hall–Kier alpha value is -3.49. The molecule has 1 unspecified atom stereocenters. The van der Waals surface area contributed by atoms with Crippen molar-refractivity contribution in [2.45, 2.75) is 38.8 Å². The zero-order chi connectivity index (χ0) is 20.9. The second-order valence-corrected chi connectivity index (χ2v) is 8.26. The minimum Gasteiger partial charge on any atom is -0.471 e. The number of amides is 1. The maximum absolute atomic E-state index is 12.4. The lowest BCUT2D eigenvalue weighted by Gasteiger charge is -2.16. The molecule has 0 bridgehead atoms. The summed E-state index contributed by atoms with van der Waals surface area (Å²) in [6, 6.07) is 4.06. The van der Waals surface area contributed by atoms with Gasteiger partial charge in [0.1, 0.15) is 23.9 Å². The van der Waals surface area contributed by atoms with Crippen molar-refractivity contribution in [3.05, 3.63) is 30.9 Å². The number of likely N-dealkylation sites (tertiary alicyclic amines) is 1. The Labute approximate surface area is 178 Å². The van der Waals surface area contributed by atoms with E-state index in [0.29, 0.717) is 24.5 Å². The average molecular weight is 417 g/mol. The zero-order valence-corrected chi connectivity index (χ0v) is 17.3. The summed E-state index contributed by atoms with van der Waals surface area (Å²) in [5.74, 6) is 1.76. The number of H-pyrrole nitrogens is 1. The van der Waals surface area contributed by atoms with E-state index in [2.05, 4.69) is 37.5 Å². The molecule has 0 spiro atoms. The van der Waals surface area contributed by atoms with Crippen molar-refractivity contribution in [3.8, 4) is 17.3 Å². The highest BCUT2D eigenvalue weighted by Gasteiger charge is 2.37. The van der Waals surface area contributed by atoms with Gasteiger partial charge in [0.25, 0.3) is 0 Å². The summed E-state index contributed by atoms with van der Waals surface area (Å²) >= 11 is 0. The van der Waals surface area contributed by atoms with Gasteiger partial charge in [0, 0.05) is 48.8 Å². The molecule has 0 radical (unpaired) electrons. The number of nitrogens with one attached hydrogen (secondary N) is 1. The lowest BCUT2D eigenvalue weighted by atomic mass is 10.2. The lowest BCUT2D eigenvalue weighted by molar-refractivity contribution is -0.131. The maximum Gasteiger partial charge on any atom is 0.245 e. The van der Waals surface area contributed by atoms with Crippen molar-refractivity contribution < 1.29 is 9.53 Å². The predicted molar refractivity (Wildman–Crippen MR) is 114 cm³/mol. The Morgan fingerprint density at radius 3 is 3.00 bits per heavy atom. The number of hydrogen-bond donors (Lipinski definition) is 1. The summed E-state index contributed by atoms with van der Waals surface area (Å²) in [4.78, 5) is 35.6. The molecule has 2 aliphatic rings. The molecule has 9 nitrogen and oxygen atoms in total. The number of aromatic amines is 1. The van der Waals surface area contributed by atoms with Crippen LogP contribution in [0.1, 0.15) is 26.2 Å². The van der Waals surface area contributed by atoms with Gasteiger partial charge < -0.3 is 19.2 Å². The minimum atomic E-state index is -0.0751. The van der Waals surface area contributed by atoms with E-state index in [0.717, 1.165) is 53.9 Å². The third-order valence-electron chi connectivity index (χ3n) is 6.13. The standard InChI is InChI=1S/C22H23N7O2/c1-2-29-19(15-9-14-5-7-23-18(14)24-10-15)27-17-20(29)25-12-26-21(17)31-16-6-8-28(11-16)22(30)13-3-4-13/h5,7,9-10,12-13,16H,2-4,6,8,11H2,1H3,(H,23,24). The molecule has 4 aromatic heterocycles. The Morgan fingerprint density at radius 2 is 2.16 bits per heavy atom. The van der Waals surface area contributed by atoms with Crippen LogP contribution in [0.4, 0.5) is 0 Å². The van der Waals surface area contributed by atoms with Crippen LogP contribution in [0.25, 0.3) is 33.6 Å². The summed E-state index contributed by atoms with van der Waals surface area (Å²) < 4.78 is 8.29. The first-order valence-electron chi connectivity index (χ1n) is 10.8. The number of ether oxygens (including phenoxy) is 1. The summed E-state index contributed by atoms with van der Waals surface area (Å²) in [6.07, 6.45) is 7.99. The van der Waals surface area contributed by atoms with Crippen molar-refractivity contribution in [3.63, 3.8) is 0 Å². The monoisotopic (exact) mass is 417 g/mol. The van der Waals surface area contributed by atoms with Crippen LogP contribution in [0.2, 0.25) is 0 Å². The molecule has 1 N–H and O–H groups in total. The van der Waals surface area contributed by atoms with E-state index in [-0.39, 0.29) is 17.9 Å². The molecule has 4 aromatic rings. The smallest absolute Gasteiger partial charge is 0.245 e. The van der Waals surface area contributed by atoms with Gasteiger partial charge in [0.05, 0.1) is 6.54 Å². The number of carbonyl (C=O) groups is 1. The SMILES string of the molecule is CCn1c(-c2cnc3[nH]ccc3c2)nc2c(OC3CCN(C(=O)C4CC4)C3)ncnc21. The Bertz CT molecular complexity index is 1290. The molecule has 5 heterocycles. The quantitative estimate of drug-likeness (QED) is 0.536.